The minimum atomic E-state index is -0.369. The van der Waals surface area contributed by atoms with Gasteiger partial charge >= 0.3 is 5.76 Å². The fourth-order valence-electron chi connectivity index (χ4n) is 2.93. The molecule has 0 radical (unpaired) electrons. The van der Waals surface area contributed by atoms with Crippen LogP contribution in [0.3, 0.4) is 0 Å². The third-order valence-corrected chi connectivity index (χ3v) is 3.89. The summed E-state index contributed by atoms with van der Waals surface area (Å²) in [6.45, 7) is 6.88. The monoisotopic (exact) mass is 258 g/mol. The van der Waals surface area contributed by atoms with Crippen LogP contribution in [0.5, 0.6) is 0 Å². The van der Waals surface area contributed by atoms with Crippen molar-refractivity contribution in [1.82, 2.24) is 9.88 Å². The Bertz CT molecular complexity index is 633. The maximum absolute atomic E-state index is 11.3. The molecule has 100 valence electrons. The Morgan fingerprint density at radius 1 is 1.42 bits per heavy atom. The first-order valence-electron chi connectivity index (χ1n) is 6.73. The maximum Gasteiger partial charge on any atom is 0.417 e. The summed E-state index contributed by atoms with van der Waals surface area (Å²) in [5, 5.41) is 0. The lowest BCUT2D eigenvalue weighted by Crippen LogP contribution is -2.32. The summed E-state index contributed by atoms with van der Waals surface area (Å²) in [4.78, 5) is 16.4. The largest absolute Gasteiger partial charge is 0.417 e. The Balaban J connectivity index is 1.85. The number of aromatic amines is 1. The Hall–Kier alpha value is -1.81. The molecule has 1 aromatic carbocycles. The molecule has 2 aromatic rings. The molecule has 2 heterocycles. The summed E-state index contributed by atoms with van der Waals surface area (Å²) in [6.07, 6.45) is 4.15. The summed E-state index contributed by atoms with van der Waals surface area (Å²) in [5.74, 6) is 0.107. The van der Waals surface area contributed by atoms with Crippen LogP contribution in [0.25, 0.3) is 11.1 Å². The number of nitrogens with one attached hydrogen (secondary N) is 1. The molecule has 1 aromatic heterocycles. The van der Waals surface area contributed by atoms with Crippen molar-refractivity contribution < 1.29 is 4.42 Å². The van der Waals surface area contributed by atoms with Gasteiger partial charge in [-0.2, -0.15) is 0 Å². The van der Waals surface area contributed by atoms with E-state index in [1.54, 1.807) is 0 Å². The molecule has 4 nitrogen and oxygen atoms in total. The van der Waals surface area contributed by atoms with Crippen LogP contribution in [0.4, 0.5) is 0 Å². The number of H-pyrrole nitrogens is 1. The van der Waals surface area contributed by atoms with Crippen molar-refractivity contribution in [2.45, 2.75) is 18.8 Å². The molecule has 0 atom stereocenters. The second-order valence-corrected chi connectivity index (χ2v) is 5.10. The van der Waals surface area contributed by atoms with Crippen molar-refractivity contribution in [2.24, 2.45) is 0 Å². The number of para-hydroxylation sites is 1. The Kier molecular flexibility index (Phi) is 3.25. The molecule has 1 saturated heterocycles. The number of likely N-dealkylation sites (tertiary alicyclic amines) is 1. The molecule has 0 saturated carbocycles. The van der Waals surface area contributed by atoms with Crippen LogP contribution in [0, 0.1) is 0 Å². The summed E-state index contributed by atoms with van der Waals surface area (Å²) in [5.41, 5.74) is 2.69. The zero-order valence-corrected chi connectivity index (χ0v) is 10.9. The SMILES string of the molecule is C=CCN1CCC(c2cccc3[nH]c(=O)oc23)CC1. The summed E-state index contributed by atoms with van der Waals surface area (Å²) < 4.78 is 5.29. The van der Waals surface area contributed by atoms with Crippen LogP contribution in [-0.4, -0.2) is 29.5 Å². The van der Waals surface area contributed by atoms with Gasteiger partial charge in [-0.3, -0.25) is 9.88 Å². The molecule has 1 fully saturated rings. The number of hydrogen-bond acceptors (Lipinski definition) is 3. The molecule has 1 aliphatic rings. The van der Waals surface area contributed by atoms with Crippen LogP contribution in [0.1, 0.15) is 24.3 Å². The quantitative estimate of drug-likeness (QED) is 0.860. The standard InChI is InChI=1S/C15H18N2O2/c1-2-8-17-9-6-11(7-10-17)12-4-3-5-13-14(12)19-15(18)16-13/h2-5,11H,1,6-10H2,(H,16,18). The van der Waals surface area contributed by atoms with E-state index < -0.39 is 0 Å². The van der Waals surface area contributed by atoms with E-state index in [1.807, 2.05) is 18.2 Å². The lowest BCUT2D eigenvalue weighted by molar-refractivity contribution is 0.232. The fourth-order valence-corrected chi connectivity index (χ4v) is 2.93. The van der Waals surface area contributed by atoms with E-state index in [0.717, 1.165) is 49.1 Å². The van der Waals surface area contributed by atoms with Crippen LogP contribution >= 0.6 is 0 Å². The zero-order valence-electron chi connectivity index (χ0n) is 10.9. The second-order valence-electron chi connectivity index (χ2n) is 5.10. The predicted octanol–water partition coefficient (Wildman–Crippen LogP) is 2.49. The number of hydrogen-bond donors (Lipinski definition) is 1. The van der Waals surface area contributed by atoms with Gasteiger partial charge in [-0.25, -0.2) is 4.79 Å². The molecular weight excluding hydrogens is 240 g/mol. The average Bonchev–Trinajstić information content (AvgIpc) is 2.80. The fraction of sp³-hybridized carbons (Fsp3) is 0.400. The van der Waals surface area contributed by atoms with E-state index in [2.05, 4.69) is 22.5 Å². The van der Waals surface area contributed by atoms with Gasteiger partial charge in [0.2, 0.25) is 0 Å². The molecule has 0 bridgehead atoms. The molecule has 1 N–H and O–H groups in total. The Morgan fingerprint density at radius 3 is 2.95 bits per heavy atom. The van der Waals surface area contributed by atoms with Crippen molar-refractivity contribution in [1.29, 1.82) is 0 Å². The number of aromatic nitrogens is 1. The number of nitrogens with zero attached hydrogens (tertiary/aromatic N) is 1. The predicted molar refractivity (Wildman–Crippen MR) is 75.4 cm³/mol. The van der Waals surface area contributed by atoms with Crippen molar-refractivity contribution in [3.63, 3.8) is 0 Å². The van der Waals surface area contributed by atoms with E-state index >= 15 is 0 Å². The van der Waals surface area contributed by atoms with Gasteiger partial charge in [0.15, 0.2) is 5.58 Å². The number of fused-ring (bicyclic) bond motifs is 1. The van der Waals surface area contributed by atoms with Crippen LogP contribution < -0.4 is 5.76 Å². The van der Waals surface area contributed by atoms with E-state index in [1.165, 1.54) is 0 Å². The minimum absolute atomic E-state index is 0.369. The molecule has 0 aliphatic carbocycles. The highest BCUT2D eigenvalue weighted by molar-refractivity contribution is 5.76. The molecule has 4 heteroatoms. The molecule has 0 unspecified atom stereocenters. The van der Waals surface area contributed by atoms with Gasteiger partial charge in [-0.15, -0.1) is 6.58 Å². The molecule has 1 aliphatic heterocycles. The highest BCUT2D eigenvalue weighted by Crippen LogP contribution is 2.32. The second kappa shape index (κ2) is 5.05. The molecule has 19 heavy (non-hydrogen) atoms. The molecule has 0 amide bonds. The number of rotatable bonds is 3. The van der Waals surface area contributed by atoms with Gasteiger partial charge in [-0.1, -0.05) is 18.2 Å². The Morgan fingerprint density at radius 2 is 2.21 bits per heavy atom. The van der Waals surface area contributed by atoms with Gasteiger partial charge in [0.25, 0.3) is 0 Å². The first-order chi connectivity index (χ1) is 9.28. The van der Waals surface area contributed by atoms with Gasteiger partial charge in [0.05, 0.1) is 5.52 Å². The first kappa shape index (κ1) is 12.2. The van der Waals surface area contributed by atoms with E-state index in [-0.39, 0.29) is 5.76 Å². The van der Waals surface area contributed by atoms with Crippen LogP contribution in [-0.2, 0) is 0 Å². The maximum atomic E-state index is 11.3. The number of oxazole rings is 1. The first-order valence-corrected chi connectivity index (χ1v) is 6.73. The van der Waals surface area contributed by atoms with Crippen molar-refractivity contribution in [3.05, 3.63) is 47.0 Å². The zero-order chi connectivity index (χ0) is 13.2. The summed E-state index contributed by atoms with van der Waals surface area (Å²) in [6, 6.07) is 5.95. The number of benzene rings is 1. The number of piperidine rings is 1. The third-order valence-electron chi connectivity index (χ3n) is 3.89. The lowest BCUT2D eigenvalue weighted by atomic mass is 9.89. The Labute approximate surface area is 111 Å². The van der Waals surface area contributed by atoms with Crippen molar-refractivity contribution in [3.8, 4) is 0 Å². The highest BCUT2D eigenvalue weighted by atomic mass is 16.4. The lowest BCUT2D eigenvalue weighted by Gasteiger charge is -2.31. The van der Waals surface area contributed by atoms with Gasteiger partial charge < -0.3 is 4.42 Å². The van der Waals surface area contributed by atoms with Crippen LogP contribution in [0.15, 0.2) is 40.1 Å². The van der Waals surface area contributed by atoms with Gasteiger partial charge in [0.1, 0.15) is 0 Å². The van der Waals surface area contributed by atoms with Crippen molar-refractivity contribution in [2.75, 3.05) is 19.6 Å². The van der Waals surface area contributed by atoms with E-state index in [4.69, 9.17) is 4.42 Å². The van der Waals surface area contributed by atoms with E-state index in [0.29, 0.717) is 5.92 Å². The van der Waals surface area contributed by atoms with Gasteiger partial charge in [-0.05, 0) is 37.9 Å². The summed E-state index contributed by atoms with van der Waals surface area (Å²) in [7, 11) is 0. The third kappa shape index (κ3) is 2.36. The van der Waals surface area contributed by atoms with E-state index in [9.17, 15) is 4.79 Å². The molecule has 0 spiro atoms. The normalized spacial score (nSPS) is 17.9. The highest BCUT2D eigenvalue weighted by Gasteiger charge is 2.22. The smallest absolute Gasteiger partial charge is 0.408 e. The molecule has 3 rings (SSSR count). The molecular formula is C15H18N2O2. The van der Waals surface area contributed by atoms with Crippen LogP contribution in [0.2, 0.25) is 0 Å². The topological polar surface area (TPSA) is 49.2 Å². The average molecular weight is 258 g/mol. The minimum Gasteiger partial charge on any atom is -0.408 e. The van der Waals surface area contributed by atoms with Gasteiger partial charge in [0, 0.05) is 12.1 Å². The van der Waals surface area contributed by atoms with Crippen molar-refractivity contribution >= 4 is 11.1 Å². The summed E-state index contributed by atoms with van der Waals surface area (Å²) >= 11 is 0.